The zero-order valence-corrected chi connectivity index (χ0v) is 18.0. The second-order valence-electron chi connectivity index (χ2n) is 7.72. The normalized spacial score (nSPS) is 17.2. The second-order valence-corrected chi connectivity index (χ2v) is 8.66. The van der Waals surface area contributed by atoms with Gasteiger partial charge in [0.25, 0.3) is 0 Å². The minimum atomic E-state index is -0.0921. The Morgan fingerprint density at radius 2 is 2.20 bits per heavy atom. The van der Waals surface area contributed by atoms with Crippen molar-refractivity contribution in [1.29, 1.82) is 0 Å². The van der Waals surface area contributed by atoms with Gasteiger partial charge >= 0.3 is 0 Å². The number of amides is 1. The van der Waals surface area contributed by atoms with Gasteiger partial charge in [-0.3, -0.25) is 9.69 Å². The van der Waals surface area contributed by atoms with Crippen LogP contribution in [0.5, 0.6) is 5.75 Å². The molecule has 1 amide bonds. The standard InChI is InChI=1S/C22H26N4O3S/c1-15(2)28-18-9-4-3-8-17(18)23-22(27)16-7-5-11-26(13-16)14-20-24-21(25-29-20)19-10-6-12-30-19/h3-4,6,8-10,12,15-16H,5,7,11,13-14H2,1-2H3,(H,23,27). The molecule has 0 radical (unpaired) electrons. The number of nitrogens with one attached hydrogen (secondary N) is 1. The third-order valence-electron chi connectivity index (χ3n) is 4.95. The summed E-state index contributed by atoms with van der Waals surface area (Å²) >= 11 is 1.58. The number of aromatic nitrogens is 2. The molecule has 2 aromatic heterocycles. The molecule has 1 aliphatic rings. The lowest BCUT2D eigenvalue weighted by Gasteiger charge is -2.31. The van der Waals surface area contributed by atoms with Crippen molar-refractivity contribution in [2.24, 2.45) is 5.92 Å². The van der Waals surface area contributed by atoms with Crippen LogP contribution in [0.15, 0.2) is 46.3 Å². The highest BCUT2D eigenvalue weighted by molar-refractivity contribution is 7.13. The largest absolute Gasteiger partial charge is 0.489 e. The van der Waals surface area contributed by atoms with Crippen molar-refractivity contribution >= 4 is 22.9 Å². The van der Waals surface area contributed by atoms with Crippen LogP contribution in [0, 0.1) is 5.92 Å². The Kier molecular flexibility index (Phi) is 6.44. The highest BCUT2D eigenvalue weighted by atomic mass is 32.1. The first-order valence-corrected chi connectivity index (χ1v) is 11.1. The Balaban J connectivity index is 1.36. The number of carbonyl (C=O) groups excluding carboxylic acids is 1. The zero-order chi connectivity index (χ0) is 20.9. The lowest BCUT2D eigenvalue weighted by Crippen LogP contribution is -2.40. The van der Waals surface area contributed by atoms with Gasteiger partial charge in [-0.15, -0.1) is 11.3 Å². The number of rotatable bonds is 7. The second kappa shape index (κ2) is 9.40. The molecule has 1 aliphatic heterocycles. The fourth-order valence-corrected chi connectivity index (χ4v) is 4.24. The Morgan fingerprint density at radius 3 is 3.00 bits per heavy atom. The Hall–Kier alpha value is -2.71. The molecule has 8 heteroatoms. The summed E-state index contributed by atoms with van der Waals surface area (Å²) in [5.74, 6) is 1.82. The molecule has 4 rings (SSSR count). The van der Waals surface area contributed by atoms with Gasteiger partial charge in [0.1, 0.15) is 5.75 Å². The summed E-state index contributed by atoms with van der Waals surface area (Å²) in [5, 5.41) is 9.11. The van der Waals surface area contributed by atoms with E-state index in [1.807, 2.05) is 55.6 Å². The molecule has 3 aromatic rings. The van der Waals surface area contributed by atoms with Crippen molar-refractivity contribution in [3.63, 3.8) is 0 Å². The number of likely N-dealkylation sites (tertiary alicyclic amines) is 1. The highest BCUT2D eigenvalue weighted by Gasteiger charge is 2.27. The average Bonchev–Trinajstić information content (AvgIpc) is 3.41. The van der Waals surface area contributed by atoms with Crippen molar-refractivity contribution < 1.29 is 14.1 Å². The number of hydrogen-bond acceptors (Lipinski definition) is 7. The van der Waals surface area contributed by atoms with Gasteiger partial charge in [0.2, 0.25) is 17.6 Å². The molecule has 1 unspecified atom stereocenters. The number of nitrogens with zero attached hydrogens (tertiary/aromatic N) is 3. The van der Waals surface area contributed by atoms with E-state index in [-0.39, 0.29) is 17.9 Å². The SMILES string of the molecule is CC(C)Oc1ccccc1NC(=O)C1CCCN(Cc2nc(-c3cccs3)no2)C1. The number of para-hydroxylation sites is 2. The van der Waals surface area contributed by atoms with Crippen LogP contribution in [-0.4, -0.2) is 40.1 Å². The van der Waals surface area contributed by atoms with Gasteiger partial charge in [-0.25, -0.2) is 0 Å². The predicted octanol–water partition coefficient (Wildman–Crippen LogP) is 4.44. The molecule has 0 aliphatic carbocycles. The first kappa shape index (κ1) is 20.6. The number of thiophene rings is 1. The Morgan fingerprint density at radius 1 is 1.33 bits per heavy atom. The number of hydrogen-bond donors (Lipinski definition) is 1. The lowest BCUT2D eigenvalue weighted by molar-refractivity contribution is -0.121. The predicted molar refractivity (Wildman–Crippen MR) is 116 cm³/mol. The third kappa shape index (κ3) is 5.06. The van der Waals surface area contributed by atoms with Gasteiger partial charge < -0.3 is 14.6 Å². The quantitative estimate of drug-likeness (QED) is 0.602. The van der Waals surface area contributed by atoms with Crippen LogP contribution in [0.2, 0.25) is 0 Å². The third-order valence-corrected chi connectivity index (χ3v) is 5.82. The van der Waals surface area contributed by atoms with Crippen molar-refractivity contribution in [1.82, 2.24) is 15.0 Å². The van der Waals surface area contributed by atoms with Crippen molar-refractivity contribution in [3.8, 4) is 16.5 Å². The van der Waals surface area contributed by atoms with Crippen LogP contribution in [-0.2, 0) is 11.3 Å². The van der Waals surface area contributed by atoms with E-state index in [1.54, 1.807) is 11.3 Å². The van der Waals surface area contributed by atoms with Crippen molar-refractivity contribution in [2.45, 2.75) is 39.3 Å². The molecule has 1 fully saturated rings. The van der Waals surface area contributed by atoms with Crippen molar-refractivity contribution in [2.75, 3.05) is 18.4 Å². The van der Waals surface area contributed by atoms with E-state index in [0.717, 1.165) is 24.3 Å². The molecule has 3 heterocycles. The highest BCUT2D eigenvalue weighted by Crippen LogP contribution is 2.27. The molecule has 1 N–H and O–H groups in total. The van der Waals surface area contributed by atoms with Crippen LogP contribution in [0.1, 0.15) is 32.6 Å². The summed E-state index contributed by atoms with van der Waals surface area (Å²) in [4.78, 5) is 20.6. The van der Waals surface area contributed by atoms with Gasteiger partial charge in [0.15, 0.2) is 0 Å². The molecule has 1 atom stereocenters. The molecule has 0 saturated carbocycles. The summed E-state index contributed by atoms with van der Waals surface area (Å²) in [5.41, 5.74) is 0.714. The van der Waals surface area contributed by atoms with Gasteiger partial charge in [-0.05, 0) is 56.8 Å². The fourth-order valence-electron chi connectivity index (χ4n) is 3.59. The maximum Gasteiger partial charge on any atom is 0.241 e. The van der Waals surface area contributed by atoms with E-state index in [0.29, 0.717) is 36.2 Å². The fraction of sp³-hybridized carbons (Fsp3) is 0.409. The minimum Gasteiger partial charge on any atom is -0.489 e. The maximum absolute atomic E-state index is 12.9. The first-order valence-electron chi connectivity index (χ1n) is 10.2. The molecule has 1 aromatic carbocycles. The lowest BCUT2D eigenvalue weighted by atomic mass is 9.97. The van der Waals surface area contributed by atoms with Gasteiger partial charge in [-0.2, -0.15) is 4.98 Å². The van der Waals surface area contributed by atoms with Crippen LogP contribution in [0.3, 0.4) is 0 Å². The Labute approximate surface area is 180 Å². The summed E-state index contributed by atoms with van der Waals surface area (Å²) in [6, 6.07) is 11.5. The topological polar surface area (TPSA) is 80.5 Å². The van der Waals surface area contributed by atoms with Crippen LogP contribution in [0.4, 0.5) is 5.69 Å². The number of piperidine rings is 1. The van der Waals surface area contributed by atoms with E-state index >= 15 is 0 Å². The maximum atomic E-state index is 12.9. The molecule has 30 heavy (non-hydrogen) atoms. The van der Waals surface area contributed by atoms with Crippen LogP contribution < -0.4 is 10.1 Å². The number of ether oxygens (including phenoxy) is 1. The van der Waals surface area contributed by atoms with Crippen LogP contribution in [0.25, 0.3) is 10.7 Å². The van der Waals surface area contributed by atoms with E-state index in [4.69, 9.17) is 9.26 Å². The van der Waals surface area contributed by atoms with E-state index in [2.05, 4.69) is 20.4 Å². The minimum absolute atomic E-state index is 0.0179. The molecule has 158 valence electrons. The van der Waals surface area contributed by atoms with E-state index in [9.17, 15) is 4.79 Å². The van der Waals surface area contributed by atoms with Gasteiger partial charge in [-0.1, -0.05) is 23.4 Å². The smallest absolute Gasteiger partial charge is 0.241 e. The molecule has 0 bridgehead atoms. The molecular formula is C22H26N4O3S. The van der Waals surface area contributed by atoms with Crippen molar-refractivity contribution in [3.05, 3.63) is 47.7 Å². The monoisotopic (exact) mass is 426 g/mol. The van der Waals surface area contributed by atoms with Gasteiger partial charge in [0.05, 0.1) is 29.1 Å². The summed E-state index contributed by atoms with van der Waals surface area (Å²) in [6.07, 6.45) is 1.86. The van der Waals surface area contributed by atoms with E-state index < -0.39 is 0 Å². The molecular weight excluding hydrogens is 400 g/mol. The van der Waals surface area contributed by atoms with Crippen LogP contribution >= 0.6 is 11.3 Å². The Bertz CT molecular complexity index is 970. The summed E-state index contributed by atoms with van der Waals surface area (Å²) < 4.78 is 11.2. The number of carbonyl (C=O) groups is 1. The summed E-state index contributed by atoms with van der Waals surface area (Å²) in [6.45, 7) is 6.07. The van der Waals surface area contributed by atoms with E-state index in [1.165, 1.54) is 0 Å². The summed E-state index contributed by atoms with van der Waals surface area (Å²) in [7, 11) is 0. The van der Waals surface area contributed by atoms with Gasteiger partial charge in [0, 0.05) is 6.54 Å². The zero-order valence-electron chi connectivity index (χ0n) is 17.2. The molecule has 7 nitrogen and oxygen atoms in total. The number of benzene rings is 1. The first-order chi connectivity index (χ1) is 14.6. The number of anilines is 1. The molecule has 0 spiro atoms. The molecule has 1 saturated heterocycles. The average molecular weight is 427 g/mol.